The second-order valence-electron chi connectivity index (χ2n) is 6.36. The van der Waals surface area contributed by atoms with E-state index in [1.165, 1.54) is 0 Å². The zero-order valence-corrected chi connectivity index (χ0v) is 14.8. The van der Waals surface area contributed by atoms with Crippen molar-refractivity contribution in [2.45, 2.75) is 32.4 Å². The molecule has 0 radical (unpaired) electrons. The van der Waals surface area contributed by atoms with Crippen LogP contribution < -0.4 is 4.72 Å². The van der Waals surface area contributed by atoms with Crippen LogP contribution in [0.2, 0.25) is 0 Å². The second kappa shape index (κ2) is 6.28. The summed E-state index contributed by atoms with van der Waals surface area (Å²) in [5.74, 6) is 1.13. The van der Waals surface area contributed by atoms with E-state index >= 15 is 0 Å². The van der Waals surface area contributed by atoms with Gasteiger partial charge in [-0.1, -0.05) is 43.7 Å². The van der Waals surface area contributed by atoms with Crippen molar-refractivity contribution in [1.82, 2.24) is 9.97 Å². The number of rotatable bonds is 5. The summed E-state index contributed by atoms with van der Waals surface area (Å²) < 4.78 is 27.4. The molecular weight excluding hydrogens is 322 g/mol. The number of aromatic amines is 1. The van der Waals surface area contributed by atoms with Gasteiger partial charge < -0.3 is 4.98 Å². The predicted molar refractivity (Wildman–Crippen MR) is 97.6 cm³/mol. The third-order valence-corrected chi connectivity index (χ3v) is 5.06. The molecule has 0 aliphatic carbocycles. The minimum atomic E-state index is -3.46. The third-order valence-electron chi connectivity index (χ3n) is 3.80. The summed E-state index contributed by atoms with van der Waals surface area (Å²) in [5, 5.41) is 0. The highest BCUT2D eigenvalue weighted by Crippen LogP contribution is 2.21. The number of aromatic nitrogens is 2. The summed E-state index contributed by atoms with van der Waals surface area (Å²) in [6.07, 6.45) is 0. The number of nitrogens with one attached hydrogen (secondary N) is 2. The van der Waals surface area contributed by atoms with Crippen LogP contribution in [0, 0.1) is 6.92 Å². The van der Waals surface area contributed by atoms with Crippen LogP contribution in [-0.4, -0.2) is 18.4 Å². The van der Waals surface area contributed by atoms with E-state index in [1.54, 1.807) is 12.1 Å². The Labute approximate surface area is 142 Å². The van der Waals surface area contributed by atoms with Crippen LogP contribution in [0.4, 0.5) is 5.69 Å². The average molecular weight is 343 g/mol. The lowest BCUT2D eigenvalue weighted by Gasteiger charge is -2.08. The molecule has 0 saturated carbocycles. The molecule has 2 aromatic carbocycles. The van der Waals surface area contributed by atoms with Gasteiger partial charge in [0.05, 0.1) is 22.5 Å². The van der Waals surface area contributed by atoms with E-state index in [-0.39, 0.29) is 5.75 Å². The molecule has 0 aliphatic heterocycles. The van der Waals surface area contributed by atoms with Crippen molar-refractivity contribution < 1.29 is 8.42 Å². The minimum Gasteiger partial charge on any atom is -0.342 e. The zero-order chi connectivity index (χ0) is 17.3. The molecule has 0 aliphatic rings. The van der Waals surface area contributed by atoms with Crippen LogP contribution in [0.25, 0.3) is 11.0 Å². The monoisotopic (exact) mass is 343 g/mol. The van der Waals surface area contributed by atoms with E-state index in [4.69, 9.17) is 0 Å². The van der Waals surface area contributed by atoms with Gasteiger partial charge in [0.25, 0.3) is 0 Å². The lowest BCUT2D eigenvalue weighted by molar-refractivity contribution is 0.600. The van der Waals surface area contributed by atoms with Gasteiger partial charge in [-0.25, -0.2) is 13.4 Å². The fourth-order valence-electron chi connectivity index (χ4n) is 2.49. The van der Waals surface area contributed by atoms with Gasteiger partial charge in [0.15, 0.2) is 0 Å². The highest BCUT2D eigenvalue weighted by molar-refractivity contribution is 7.91. The average Bonchev–Trinajstić information content (AvgIpc) is 2.92. The molecule has 3 aromatic rings. The largest absolute Gasteiger partial charge is 0.342 e. The molecule has 126 valence electrons. The molecule has 2 N–H and O–H groups in total. The standard InChI is InChI=1S/C18H21N3O2S/c1-12(2)18-19-16-9-8-15(10-17(16)20-18)21-24(22,23)11-14-6-4-13(3)5-7-14/h4-10,12,21H,11H2,1-3H3,(H,19,20). The molecule has 0 amide bonds. The first-order chi connectivity index (χ1) is 11.3. The Hall–Kier alpha value is -2.34. The Morgan fingerprint density at radius 3 is 2.50 bits per heavy atom. The Bertz CT molecular complexity index is 958. The smallest absolute Gasteiger partial charge is 0.236 e. The van der Waals surface area contributed by atoms with E-state index in [9.17, 15) is 8.42 Å². The van der Waals surface area contributed by atoms with Gasteiger partial charge in [0.2, 0.25) is 10.0 Å². The van der Waals surface area contributed by atoms with Gasteiger partial charge in [-0.05, 0) is 30.7 Å². The number of aryl methyl sites for hydroxylation is 1. The van der Waals surface area contributed by atoms with Crippen LogP contribution in [-0.2, 0) is 15.8 Å². The highest BCUT2D eigenvalue weighted by atomic mass is 32.2. The second-order valence-corrected chi connectivity index (χ2v) is 8.08. The third kappa shape index (κ3) is 3.76. The summed E-state index contributed by atoms with van der Waals surface area (Å²) in [7, 11) is -3.46. The van der Waals surface area contributed by atoms with Crippen LogP contribution in [0.3, 0.4) is 0 Å². The Morgan fingerprint density at radius 2 is 1.83 bits per heavy atom. The van der Waals surface area contributed by atoms with Crippen LogP contribution >= 0.6 is 0 Å². The molecule has 0 spiro atoms. The lowest BCUT2D eigenvalue weighted by atomic mass is 10.2. The van der Waals surface area contributed by atoms with Crippen molar-refractivity contribution in [2.75, 3.05) is 4.72 Å². The van der Waals surface area contributed by atoms with Crippen molar-refractivity contribution in [3.05, 3.63) is 59.4 Å². The summed E-state index contributed by atoms with van der Waals surface area (Å²) in [6, 6.07) is 12.8. The molecule has 3 rings (SSSR count). The number of hydrogen-bond acceptors (Lipinski definition) is 3. The first-order valence-electron chi connectivity index (χ1n) is 7.88. The number of benzene rings is 2. The molecular formula is C18H21N3O2S. The van der Waals surface area contributed by atoms with Crippen LogP contribution in [0.1, 0.15) is 36.7 Å². The molecule has 1 aromatic heterocycles. The maximum absolute atomic E-state index is 12.4. The summed E-state index contributed by atoms with van der Waals surface area (Å²) in [6.45, 7) is 6.09. The molecule has 5 nitrogen and oxygen atoms in total. The van der Waals surface area contributed by atoms with Gasteiger partial charge in [-0.15, -0.1) is 0 Å². The molecule has 0 atom stereocenters. The number of fused-ring (bicyclic) bond motifs is 1. The van der Waals surface area contributed by atoms with E-state index in [0.29, 0.717) is 11.6 Å². The quantitative estimate of drug-likeness (QED) is 0.737. The topological polar surface area (TPSA) is 74.8 Å². The SMILES string of the molecule is Cc1ccc(CS(=O)(=O)Nc2ccc3nc(C(C)C)[nH]c3c2)cc1. The molecule has 0 saturated heterocycles. The Morgan fingerprint density at radius 1 is 1.12 bits per heavy atom. The Balaban J connectivity index is 1.81. The van der Waals surface area contributed by atoms with Crippen molar-refractivity contribution >= 4 is 26.7 Å². The van der Waals surface area contributed by atoms with Gasteiger partial charge in [0.1, 0.15) is 5.82 Å². The minimum absolute atomic E-state index is 0.0501. The predicted octanol–water partition coefficient (Wildman–Crippen LogP) is 3.94. The lowest BCUT2D eigenvalue weighted by Crippen LogP contribution is -2.15. The molecule has 1 heterocycles. The van der Waals surface area contributed by atoms with Crippen LogP contribution in [0.15, 0.2) is 42.5 Å². The highest BCUT2D eigenvalue weighted by Gasteiger charge is 2.13. The van der Waals surface area contributed by atoms with Crippen LogP contribution in [0.5, 0.6) is 0 Å². The van der Waals surface area contributed by atoms with Crippen molar-refractivity contribution in [1.29, 1.82) is 0 Å². The first kappa shape index (κ1) is 16.5. The van der Waals surface area contributed by atoms with E-state index in [0.717, 1.165) is 28.0 Å². The normalized spacial score (nSPS) is 12.0. The molecule has 0 bridgehead atoms. The van der Waals surface area contributed by atoms with Gasteiger partial charge >= 0.3 is 0 Å². The van der Waals surface area contributed by atoms with Gasteiger partial charge in [0, 0.05) is 5.92 Å². The van der Waals surface area contributed by atoms with E-state index in [1.807, 2.05) is 37.3 Å². The summed E-state index contributed by atoms with van der Waals surface area (Å²) in [4.78, 5) is 7.72. The molecule has 6 heteroatoms. The zero-order valence-electron chi connectivity index (χ0n) is 14.0. The first-order valence-corrected chi connectivity index (χ1v) is 9.53. The number of anilines is 1. The van der Waals surface area contributed by atoms with Crippen molar-refractivity contribution in [2.24, 2.45) is 0 Å². The van der Waals surface area contributed by atoms with Crippen molar-refractivity contribution in [3.8, 4) is 0 Å². The Kier molecular flexibility index (Phi) is 4.32. The van der Waals surface area contributed by atoms with Crippen molar-refractivity contribution in [3.63, 3.8) is 0 Å². The fraction of sp³-hybridized carbons (Fsp3) is 0.278. The summed E-state index contributed by atoms with van der Waals surface area (Å²) in [5.41, 5.74) is 4.07. The number of hydrogen-bond donors (Lipinski definition) is 2. The molecule has 24 heavy (non-hydrogen) atoms. The number of H-pyrrole nitrogens is 1. The maximum atomic E-state index is 12.4. The van der Waals surface area contributed by atoms with E-state index < -0.39 is 10.0 Å². The molecule has 0 fully saturated rings. The number of sulfonamides is 1. The molecule has 0 unspecified atom stereocenters. The van der Waals surface area contributed by atoms with Gasteiger partial charge in [-0.3, -0.25) is 4.72 Å². The number of imidazole rings is 1. The summed E-state index contributed by atoms with van der Waals surface area (Å²) >= 11 is 0. The van der Waals surface area contributed by atoms with Gasteiger partial charge in [-0.2, -0.15) is 0 Å². The maximum Gasteiger partial charge on any atom is 0.236 e. The van der Waals surface area contributed by atoms with E-state index in [2.05, 4.69) is 28.5 Å². The fourth-order valence-corrected chi connectivity index (χ4v) is 3.68. The number of nitrogens with zero attached hydrogens (tertiary/aromatic N) is 1.